The standard InChI is InChI=1S/C26H41N7O/c1-4-5-19(2)29-26-28-17-23(25(31-26)30-21-7-9-22(34)10-8-21)24-11-6-20(16-27-24)18-33-14-12-32(3)13-15-33/h6,11,16-17,19,21-22,34H,4-5,7-10,12-15,18H2,1-3H3,(H2,28,29,30,31)/t19-,21-,22-/m0/s1/i2D3. The highest BCUT2D eigenvalue weighted by molar-refractivity contribution is 5.73. The van der Waals surface area contributed by atoms with Gasteiger partial charge in [0.1, 0.15) is 5.82 Å². The summed E-state index contributed by atoms with van der Waals surface area (Å²) in [5.74, 6) is 0.933. The second-order valence-corrected chi connectivity index (χ2v) is 9.72. The van der Waals surface area contributed by atoms with Gasteiger partial charge in [0.15, 0.2) is 0 Å². The van der Waals surface area contributed by atoms with Gasteiger partial charge in [-0.05, 0) is 57.6 Å². The fraction of sp³-hybridized carbons (Fsp3) is 0.654. The molecular weight excluding hydrogens is 426 g/mol. The van der Waals surface area contributed by atoms with Crippen molar-refractivity contribution in [3.05, 3.63) is 30.1 Å². The number of hydrogen-bond donors (Lipinski definition) is 3. The molecule has 4 rings (SSSR count). The van der Waals surface area contributed by atoms with E-state index in [2.05, 4.69) is 38.5 Å². The van der Waals surface area contributed by atoms with Crippen molar-refractivity contribution in [3.63, 3.8) is 0 Å². The molecule has 2 fully saturated rings. The molecule has 8 heteroatoms. The Morgan fingerprint density at radius 2 is 1.91 bits per heavy atom. The number of aromatic nitrogens is 3. The van der Waals surface area contributed by atoms with Gasteiger partial charge in [0.05, 0.1) is 17.4 Å². The molecule has 8 nitrogen and oxygen atoms in total. The van der Waals surface area contributed by atoms with Gasteiger partial charge < -0.3 is 20.6 Å². The maximum Gasteiger partial charge on any atom is 0.224 e. The SMILES string of the molecule is [2H]C([2H])([2H])[C@@H](CCC)Nc1ncc(-c2ccc(CN3CCN(C)CC3)cn2)c(N[C@H]2CC[C@H](O)CC2)n1. The van der Waals surface area contributed by atoms with Crippen LogP contribution in [0.4, 0.5) is 11.8 Å². The molecule has 0 aromatic carbocycles. The molecule has 0 amide bonds. The first-order valence-electron chi connectivity index (χ1n) is 14.2. The summed E-state index contributed by atoms with van der Waals surface area (Å²) in [6.45, 7) is 4.97. The molecule has 0 bridgehead atoms. The maximum absolute atomic E-state index is 9.92. The van der Waals surface area contributed by atoms with Crippen molar-refractivity contribution in [3.8, 4) is 11.3 Å². The van der Waals surface area contributed by atoms with Crippen molar-refractivity contribution < 1.29 is 9.22 Å². The normalized spacial score (nSPS) is 24.6. The number of anilines is 2. The Kier molecular flexibility index (Phi) is 7.37. The van der Waals surface area contributed by atoms with Crippen LogP contribution in [0.15, 0.2) is 24.5 Å². The number of likely N-dealkylation sites (N-methyl/N-ethyl adjacent to an activating group) is 1. The molecular formula is C26H41N7O. The minimum absolute atomic E-state index is 0.176. The summed E-state index contributed by atoms with van der Waals surface area (Å²) in [5.41, 5.74) is 2.72. The van der Waals surface area contributed by atoms with E-state index in [1.165, 1.54) is 5.56 Å². The lowest BCUT2D eigenvalue weighted by atomic mass is 9.93. The minimum atomic E-state index is -2.15. The highest BCUT2D eigenvalue weighted by atomic mass is 16.3. The molecule has 2 aliphatic rings. The van der Waals surface area contributed by atoms with E-state index in [4.69, 9.17) is 14.1 Å². The molecule has 2 aromatic rings. The van der Waals surface area contributed by atoms with Crippen molar-refractivity contribution in [2.24, 2.45) is 0 Å². The summed E-state index contributed by atoms with van der Waals surface area (Å²) >= 11 is 0. The predicted molar refractivity (Wildman–Crippen MR) is 138 cm³/mol. The predicted octanol–water partition coefficient (Wildman–Crippen LogP) is 3.60. The highest BCUT2D eigenvalue weighted by Gasteiger charge is 2.22. The van der Waals surface area contributed by atoms with Gasteiger partial charge in [0.2, 0.25) is 5.95 Å². The first kappa shape index (κ1) is 21.0. The molecule has 1 aliphatic heterocycles. The van der Waals surface area contributed by atoms with Gasteiger partial charge in [-0.1, -0.05) is 19.4 Å². The fourth-order valence-electron chi connectivity index (χ4n) is 4.62. The van der Waals surface area contributed by atoms with Crippen LogP contribution in [0.3, 0.4) is 0 Å². The van der Waals surface area contributed by atoms with Crippen molar-refractivity contribution in [2.75, 3.05) is 43.9 Å². The van der Waals surface area contributed by atoms with Crippen LogP contribution >= 0.6 is 0 Å². The number of nitrogens with one attached hydrogen (secondary N) is 2. The van der Waals surface area contributed by atoms with Gasteiger partial charge in [-0.15, -0.1) is 0 Å². The Morgan fingerprint density at radius 1 is 1.12 bits per heavy atom. The number of pyridine rings is 1. The Morgan fingerprint density at radius 3 is 2.59 bits per heavy atom. The zero-order valence-corrected chi connectivity index (χ0v) is 20.5. The monoisotopic (exact) mass is 470 g/mol. The van der Waals surface area contributed by atoms with Gasteiger partial charge in [-0.2, -0.15) is 4.98 Å². The molecule has 1 aliphatic carbocycles. The molecule has 0 spiro atoms. The van der Waals surface area contributed by atoms with Crippen molar-refractivity contribution >= 4 is 11.8 Å². The smallest absolute Gasteiger partial charge is 0.224 e. The van der Waals surface area contributed by atoms with Crippen LogP contribution in [0, 0.1) is 0 Å². The number of nitrogens with zero attached hydrogens (tertiary/aromatic N) is 5. The average molecular weight is 471 g/mol. The third-order valence-corrected chi connectivity index (χ3v) is 6.81. The second kappa shape index (κ2) is 11.9. The molecule has 1 saturated heterocycles. The number of aliphatic hydroxyl groups excluding tert-OH is 1. The van der Waals surface area contributed by atoms with E-state index in [1.54, 1.807) is 6.20 Å². The van der Waals surface area contributed by atoms with Crippen molar-refractivity contribution in [1.29, 1.82) is 0 Å². The largest absolute Gasteiger partial charge is 0.393 e. The van der Waals surface area contributed by atoms with E-state index < -0.39 is 12.9 Å². The van der Waals surface area contributed by atoms with Gasteiger partial charge in [0.25, 0.3) is 0 Å². The summed E-state index contributed by atoms with van der Waals surface area (Å²) in [6, 6.07) is 3.58. The van der Waals surface area contributed by atoms with E-state index in [0.29, 0.717) is 18.2 Å². The fourth-order valence-corrected chi connectivity index (χ4v) is 4.62. The summed E-state index contributed by atoms with van der Waals surface area (Å²) in [5, 5.41) is 16.5. The maximum atomic E-state index is 9.92. The summed E-state index contributed by atoms with van der Waals surface area (Å²) in [6.07, 6.45) is 7.84. The van der Waals surface area contributed by atoms with Crippen LogP contribution in [0.25, 0.3) is 11.3 Å². The number of hydrogen-bond acceptors (Lipinski definition) is 8. The Bertz CT molecular complexity index is 989. The molecule has 186 valence electrons. The number of rotatable bonds is 9. The first-order valence-corrected chi connectivity index (χ1v) is 12.7. The molecule has 0 radical (unpaired) electrons. The third-order valence-electron chi connectivity index (χ3n) is 6.81. The quantitative estimate of drug-likeness (QED) is 0.512. The molecule has 3 heterocycles. The zero-order valence-electron chi connectivity index (χ0n) is 23.5. The third kappa shape index (κ3) is 6.87. The number of piperazine rings is 1. The van der Waals surface area contributed by atoms with E-state index >= 15 is 0 Å². The zero-order chi connectivity index (χ0) is 26.4. The summed E-state index contributed by atoms with van der Waals surface area (Å²) in [7, 11) is 2.16. The van der Waals surface area contributed by atoms with Gasteiger partial charge in [-0.3, -0.25) is 9.88 Å². The average Bonchev–Trinajstić information content (AvgIpc) is 2.87. The van der Waals surface area contributed by atoms with Crippen LogP contribution < -0.4 is 10.6 Å². The highest BCUT2D eigenvalue weighted by Crippen LogP contribution is 2.29. The lowest BCUT2D eigenvalue weighted by Crippen LogP contribution is -2.43. The Labute approximate surface area is 208 Å². The van der Waals surface area contributed by atoms with E-state index in [-0.39, 0.29) is 12.1 Å². The molecule has 0 unspecified atom stereocenters. The van der Waals surface area contributed by atoms with Crippen LogP contribution in [-0.4, -0.2) is 81.3 Å². The molecule has 2 aromatic heterocycles. The van der Waals surface area contributed by atoms with Crippen LogP contribution in [0.5, 0.6) is 0 Å². The molecule has 1 saturated carbocycles. The van der Waals surface area contributed by atoms with E-state index in [0.717, 1.165) is 76.1 Å². The Hall–Kier alpha value is -2.29. The van der Waals surface area contributed by atoms with Crippen LogP contribution in [0.2, 0.25) is 0 Å². The topological polar surface area (TPSA) is 89.4 Å². The molecule has 34 heavy (non-hydrogen) atoms. The Balaban J connectivity index is 1.54. The summed E-state index contributed by atoms with van der Waals surface area (Å²) in [4.78, 5) is 18.7. The van der Waals surface area contributed by atoms with Crippen LogP contribution in [0.1, 0.15) is 62.0 Å². The van der Waals surface area contributed by atoms with E-state index in [1.807, 2.05) is 19.2 Å². The molecule has 3 N–H and O–H groups in total. The van der Waals surface area contributed by atoms with Gasteiger partial charge in [-0.25, -0.2) is 4.98 Å². The van der Waals surface area contributed by atoms with Crippen LogP contribution in [-0.2, 0) is 6.54 Å². The summed E-state index contributed by atoms with van der Waals surface area (Å²) < 4.78 is 23.6. The van der Waals surface area contributed by atoms with Crippen molar-refractivity contribution in [1.82, 2.24) is 24.8 Å². The van der Waals surface area contributed by atoms with Gasteiger partial charge in [0, 0.05) is 61.3 Å². The van der Waals surface area contributed by atoms with Crippen molar-refractivity contribution in [2.45, 2.75) is 77.0 Å². The minimum Gasteiger partial charge on any atom is -0.393 e. The lowest BCUT2D eigenvalue weighted by molar-refractivity contribution is 0.126. The first-order chi connectivity index (χ1) is 17.7. The molecule has 1 atom stereocenters. The van der Waals surface area contributed by atoms with Gasteiger partial charge >= 0.3 is 0 Å². The second-order valence-electron chi connectivity index (χ2n) is 9.72. The lowest BCUT2D eigenvalue weighted by Gasteiger charge is -2.32. The van der Waals surface area contributed by atoms with E-state index in [9.17, 15) is 5.11 Å². The number of aliphatic hydroxyl groups is 1.